The fourth-order valence-corrected chi connectivity index (χ4v) is 9.07. The Kier molecular flexibility index (Phi) is 64.8. The summed E-state index contributed by atoms with van der Waals surface area (Å²) in [6.07, 6.45) is 98.7. The molecule has 0 radical (unpaired) electrons. The zero-order chi connectivity index (χ0) is 59.2. The maximum absolute atomic E-state index is 12.9. The van der Waals surface area contributed by atoms with Crippen LogP contribution in [0.25, 0.3) is 0 Å². The van der Waals surface area contributed by atoms with Crippen molar-refractivity contribution in [1.82, 2.24) is 0 Å². The van der Waals surface area contributed by atoms with Crippen molar-refractivity contribution < 1.29 is 28.6 Å². The van der Waals surface area contributed by atoms with E-state index >= 15 is 0 Å². The molecule has 0 aromatic heterocycles. The molecule has 0 N–H and O–H groups in total. The Balaban J connectivity index is 4.39. The fraction of sp³-hybridized carbons (Fsp3) is 0.645. The topological polar surface area (TPSA) is 78.9 Å². The van der Waals surface area contributed by atoms with E-state index in [1.54, 1.807) is 0 Å². The molecule has 0 heterocycles. The third-order valence-electron chi connectivity index (χ3n) is 14.1. The molecule has 0 aliphatic rings. The highest BCUT2D eigenvalue weighted by atomic mass is 16.6. The molecular weight excluding hydrogens is 1010 g/mol. The monoisotopic (exact) mass is 1130 g/mol. The number of rotatable bonds is 60. The lowest BCUT2D eigenvalue weighted by atomic mass is 10.0. The van der Waals surface area contributed by atoms with E-state index in [9.17, 15) is 14.4 Å². The van der Waals surface area contributed by atoms with E-state index < -0.39 is 6.10 Å². The second kappa shape index (κ2) is 68.8. The van der Waals surface area contributed by atoms with Crippen LogP contribution in [0.5, 0.6) is 0 Å². The van der Waals surface area contributed by atoms with Gasteiger partial charge in [-0.15, -0.1) is 0 Å². The molecule has 0 aliphatic carbocycles. The molecular formula is C76H124O6. The molecule has 1 unspecified atom stereocenters. The van der Waals surface area contributed by atoms with Crippen molar-refractivity contribution in [3.63, 3.8) is 0 Å². The van der Waals surface area contributed by atoms with Crippen molar-refractivity contribution >= 4 is 17.9 Å². The van der Waals surface area contributed by atoms with Gasteiger partial charge in [0.15, 0.2) is 6.10 Å². The van der Waals surface area contributed by atoms with Gasteiger partial charge in [-0.05, 0) is 135 Å². The maximum Gasteiger partial charge on any atom is 0.306 e. The summed E-state index contributed by atoms with van der Waals surface area (Å²) >= 11 is 0. The highest BCUT2D eigenvalue weighted by Crippen LogP contribution is 2.16. The number of hydrogen-bond acceptors (Lipinski definition) is 6. The van der Waals surface area contributed by atoms with E-state index in [0.29, 0.717) is 19.3 Å². The molecule has 0 bridgehead atoms. The van der Waals surface area contributed by atoms with Crippen LogP contribution < -0.4 is 0 Å². The van der Waals surface area contributed by atoms with E-state index in [-0.39, 0.29) is 37.5 Å². The van der Waals surface area contributed by atoms with Gasteiger partial charge in [-0.25, -0.2) is 0 Å². The van der Waals surface area contributed by atoms with E-state index in [4.69, 9.17) is 14.2 Å². The lowest BCUT2D eigenvalue weighted by Gasteiger charge is -2.18. The number of carbonyl (C=O) groups is 3. The molecule has 0 fully saturated rings. The predicted octanol–water partition coefficient (Wildman–Crippen LogP) is 23.5. The second-order valence-electron chi connectivity index (χ2n) is 22.0. The highest BCUT2D eigenvalue weighted by Gasteiger charge is 2.19. The zero-order valence-corrected chi connectivity index (χ0v) is 53.2. The van der Waals surface area contributed by atoms with Crippen LogP contribution in [0.2, 0.25) is 0 Å². The zero-order valence-electron chi connectivity index (χ0n) is 53.2. The van der Waals surface area contributed by atoms with E-state index in [1.807, 2.05) is 0 Å². The number of unbranched alkanes of at least 4 members (excludes halogenated alkanes) is 25. The molecule has 0 amide bonds. The third kappa shape index (κ3) is 66.1. The summed E-state index contributed by atoms with van der Waals surface area (Å²) < 4.78 is 16.9. The van der Waals surface area contributed by atoms with Crippen LogP contribution in [-0.4, -0.2) is 37.2 Å². The SMILES string of the molecule is CC/C=C\C/C=C\C/C=C\C/C=C\C/C=C\CCCCCCCCCCCCCCCC(=O)OCC(COC(=O)CCC/C=C\C/C=C\C/C=C\C/C=C\C/C=C\CC)OC(=O)CCCCCCCCC/C=C\C/C=C\CCCCCC. The molecule has 0 saturated heterocycles. The van der Waals surface area contributed by atoms with Crippen LogP contribution in [0, 0.1) is 0 Å². The van der Waals surface area contributed by atoms with Crippen molar-refractivity contribution in [3.8, 4) is 0 Å². The number of allylic oxidation sites excluding steroid dienone is 24. The Hall–Kier alpha value is -4.71. The minimum atomic E-state index is -0.813. The Morgan fingerprint density at radius 3 is 0.793 bits per heavy atom. The summed E-state index contributed by atoms with van der Waals surface area (Å²) in [6, 6.07) is 0. The maximum atomic E-state index is 12.9. The van der Waals surface area contributed by atoms with Crippen molar-refractivity contribution in [1.29, 1.82) is 0 Å². The van der Waals surface area contributed by atoms with Gasteiger partial charge >= 0.3 is 17.9 Å². The minimum Gasteiger partial charge on any atom is -0.462 e. The van der Waals surface area contributed by atoms with Gasteiger partial charge < -0.3 is 14.2 Å². The fourth-order valence-electron chi connectivity index (χ4n) is 9.07. The summed E-state index contributed by atoms with van der Waals surface area (Å²) in [5.41, 5.74) is 0. The van der Waals surface area contributed by atoms with Gasteiger partial charge in [0.2, 0.25) is 0 Å². The van der Waals surface area contributed by atoms with Gasteiger partial charge in [0.25, 0.3) is 0 Å². The predicted molar refractivity (Wildman–Crippen MR) is 357 cm³/mol. The molecule has 0 spiro atoms. The first-order valence-corrected chi connectivity index (χ1v) is 33.8. The van der Waals surface area contributed by atoms with Gasteiger partial charge in [0.05, 0.1) is 0 Å². The lowest BCUT2D eigenvalue weighted by molar-refractivity contribution is -0.167. The summed E-state index contributed by atoms with van der Waals surface area (Å²) in [7, 11) is 0. The lowest BCUT2D eigenvalue weighted by Crippen LogP contribution is -2.30. The summed E-state index contributed by atoms with van der Waals surface area (Å²) in [6.45, 7) is 6.35. The van der Waals surface area contributed by atoms with Gasteiger partial charge in [0.1, 0.15) is 13.2 Å². The molecule has 0 aromatic carbocycles. The standard InChI is InChI=1S/C76H124O6/c1-4-7-10-13-16-19-22-25-28-31-33-34-35-36-37-38-39-40-41-42-43-46-48-51-54-57-60-63-66-69-75(78)81-72-73(71-80-74(77)68-65-62-59-56-53-50-47-44-30-27-24-21-18-15-12-9-6-3)82-76(79)70-67-64-61-58-55-52-49-45-32-29-26-23-20-17-14-11-8-5-2/h7,9-10,12,16,18-21,23,25,27-30,32-34,36-37,47,50,56,59,73H,4-6,8,11,13-15,17,22,24,26,31,35,38-46,48-49,51-55,57-58,60-72H2,1-3H3/b10-7-,12-9-,19-16-,21-18-,23-20-,28-25-,30-27-,32-29-,34-33-,37-36-,50-47-,59-56-. The smallest absolute Gasteiger partial charge is 0.306 e. The average Bonchev–Trinajstić information content (AvgIpc) is 3.47. The van der Waals surface area contributed by atoms with Crippen molar-refractivity contribution in [2.45, 2.75) is 303 Å². The Labute approximate surface area is 506 Å². The highest BCUT2D eigenvalue weighted by molar-refractivity contribution is 5.71. The van der Waals surface area contributed by atoms with Gasteiger partial charge in [-0.3, -0.25) is 14.4 Å². The first kappa shape index (κ1) is 77.3. The molecule has 0 aliphatic heterocycles. The quantitative estimate of drug-likeness (QED) is 0.0261. The normalized spacial score (nSPS) is 13.1. The van der Waals surface area contributed by atoms with E-state index in [1.165, 1.54) is 128 Å². The van der Waals surface area contributed by atoms with Gasteiger partial charge in [0, 0.05) is 19.3 Å². The molecule has 82 heavy (non-hydrogen) atoms. The summed E-state index contributed by atoms with van der Waals surface area (Å²) in [5.74, 6) is -0.969. The number of carbonyl (C=O) groups excluding carboxylic acids is 3. The molecule has 464 valence electrons. The molecule has 0 aromatic rings. The largest absolute Gasteiger partial charge is 0.462 e. The van der Waals surface area contributed by atoms with Crippen molar-refractivity contribution in [2.24, 2.45) is 0 Å². The first-order valence-electron chi connectivity index (χ1n) is 33.8. The second-order valence-corrected chi connectivity index (χ2v) is 22.0. The first-order chi connectivity index (χ1) is 40.5. The van der Waals surface area contributed by atoms with Crippen LogP contribution in [0.1, 0.15) is 297 Å². The average molecular weight is 1130 g/mol. The van der Waals surface area contributed by atoms with Crippen LogP contribution >= 0.6 is 0 Å². The van der Waals surface area contributed by atoms with Crippen molar-refractivity contribution in [2.75, 3.05) is 13.2 Å². The summed E-state index contributed by atoms with van der Waals surface area (Å²) in [5, 5.41) is 0. The van der Waals surface area contributed by atoms with Gasteiger partial charge in [-0.1, -0.05) is 289 Å². The number of ether oxygens (including phenoxy) is 3. The molecule has 0 saturated carbocycles. The van der Waals surface area contributed by atoms with Gasteiger partial charge in [-0.2, -0.15) is 0 Å². The van der Waals surface area contributed by atoms with Crippen LogP contribution in [-0.2, 0) is 28.6 Å². The number of hydrogen-bond donors (Lipinski definition) is 0. The summed E-state index contributed by atoms with van der Waals surface area (Å²) in [4.78, 5) is 38.4. The van der Waals surface area contributed by atoms with Crippen LogP contribution in [0.4, 0.5) is 0 Å². The molecule has 0 rings (SSSR count). The Bertz CT molecular complexity index is 1780. The van der Waals surface area contributed by atoms with Crippen LogP contribution in [0.3, 0.4) is 0 Å². The van der Waals surface area contributed by atoms with E-state index in [2.05, 4.69) is 167 Å². The van der Waals surface area contributed by atoms with Crippen molar-refractivity contribution in [3.05, 3.63) is 146 Å². The van der Waals surface area contributed by atoms with E-state index in [0.717, 1.165) is 122 Å². The Morgan fingerprint density at radius 1 is 0.256 bits per heavy atom. The number of esters is 3. The molecule has 6 heteroatoms. The third-order valence-corrected chi connectivity index (χ3v) is 14.1. The Morgan fingerprint density at radius 2 is 0.488 bits per heavy atom. The molecule has 1 atom stereocenters. The molecule has 6 nitrogen and oxygen atoms in total. The minimum absolute atomic E-state index is 0.103. The van der Waals surface area contributed by atoms with Crippen LogP contribution in [0.15, 0.2) is 146 Å².